The van der Waals surface area contributed by atoms with Crippen molar-refractivity contribution >= 4 is 5.82 Å². The summed E-state index contributed by atoms with van der Waals surface area (Å²) in [6.07, 6.45) is 4.46. The Bertz CT molecular complexity index is 481. The van der Waals surface area contributed by atoms with Crippen LogP contribution in [0, 0.1) is 5.41 Å². The van der Waals surface area contributed by atoms with E-state index in [4.69, 9.17) is 4.74 Å². The Morgan fingerprint density at radius 3 is 2.94 bits per heavy atom. The van der Waals surface area contributed by atoms with E-state index in [2.05, 4.69) is 24.1 Å². The molecule has 0 aliphatic heterocycles. The molecule has 2 atom stereocenters. The topological polar surface area (TPSA) is 56.1 Å². The molecule has 100 valence electrons. The molecule has 0 saturated heterocycles. The standard InChI is InChI=1S/C13H21N3O2/c1-5-18-10-8-9(13(10,2)3)15-11-12(17)16(4)7-6-14-11/h6-7,9-10H,5,8H2,1-4H3,(H,14,15). The largest absolute Gasteiger partial charge is 0.378 e. The van der Waals surface area contributed by atoms with Crippen LogP contribution < -0.4 is 10.9 Å². The normalized spacial score (nSPS) is 25.6. The van der Waals surface area contributed by atoms with Crippen molar-refractivity contribution in [2.24, 2.45) is 12.5 Å². The van der Waals surface area contributed by atoms with Gasteiger partial charge in [-0.1, -0.05) is 13.8 Å². The van der Waals surface area contributed by atoms with Crippen LogP contribution in [0.3, 0.4) is 0 Å². The van der Waals surface area contributed by atoms with Gasteiger partial charge in [-0.2, -0.15) is 0 Å². The van der Waals surface area contributed by atoms with Gasteiger partial charge < -0.3 is 14.6 Å². The maximum absolute atomic E-state index is 11.9. The number of nitrogens with zero attached hydrogens (tertiary/aromatic N) is 2. The van der Waals surface area contributed by atoms with Crippen molar-refractivity contribution in [3.8, 4) is 0 Å². The second-order valence-electron chi connectivity index (χ2n) is 5.39. The summed E-state index contributed by atoms with van der Waals surface area (Å²) < 4.78 is 7.20. The first kappa shape index (κ1) is 13.1. The van der Waals surface area contributed by atoms with Crippen molar-refractivity contribution in [1.82, 2.24) is 9.55 Å². The molecule has 5 nitrogen and oxygen atoms in total. The summed E-state index contributed by atoms with van der Waals surface area (Å²) in [4.78, 5) is 16.0. The maximum atomic E-state index is 11.9. The average Bonchev–Trinajstić information content (AvgIpc) is 2.33. The van der Waals surface area contributed by atoms with E-state index in [-0.39, 0.29) is 23.1 Å². The van der Waals surface area contributed by atoms with Gasteiger partial charge in [-0.25, -0.2) is 4.98 Å². The van der Waals surface area contributed by atoms with Crippen LogP contribution in [-0.2, 0) is 11.8 Å². The fourth-order valence-electron chi connectivity index (χ4n) is 2.38. The summed E-state index contributed by atoms with van der Waals surface area (Å²) in [5.74, 6) is 0.424. The Hall–Kier alpha value is -1.36. The van der Waals surface area contributed by atoms with Crippen LogP contribution in [0.4, 0.5) is 5.82 Å². The zero-order valence-electron chi connectivity index (χ0n) is 11.4. The molecule has 0 aromatic carbocycles. The van der Waals surface area contributed by atoms with Gasteiger partial charge in [-0.3, -0.25) is 4.79 Å². The van der Waals surface area contributed by atoms with E-state index in [0.717, 1.165) is 13.0 Å². The first-order valence-corrected chi connectivity index (χ1v) is 6.36. The van der Waals surface area contributed by atoms with Gasteiger partial charge in [0.1, 0.15) is 0 Å². The molecule has 0 spiro atoms. The molecule has 2 unspecified atom stereocenters. The molecule has 1 aromatic heterocycles. The van der Waals surface area contributed by atoms with Crippen LogP contribution >= 0.6 is 0 Å². The van der Waals surface area contributed by atoms with Gasteiger partial charge in [0.25, 0.3) is 5.56 Å². The SMILES string of the molecule is CCOC1CC(Nc2nccn(C)c2=O)C1(C)C. The first-order chi connectivity index (χ1) is 8.46. The van der Waals surface area contributed by atoms with Gasteiger partial charge in [0.15, 0.2) is 5.82 Å². The number of ether oxygens (including phenoxy) is 1. The van der Waals surface area contributed by atoms with Crippen molar-refractivity contribution in [3.05, 3.63) is 22.7 Å². The molecule has 0 radical (unpaired) electrons. The molecule has 2 rings (SSSR count). The molecule has 0 amide bonds. The molecular formula is C13H21N3O2. The molecule has 0 bridgehead atoms. The Morgan fingerprint density at radius 2 is 2.33 bits per heavy atom. The van der Waals surface area contributed by atoms with E-state index >= 15 is 0 Å². The second kappa shape index (κ2) is 4.72. The maximum Gasteiger partial charge on any atom is 0.293 e. The minimum Gasteiger partial charge on any atom is -0.378 e. The number of rotatable bonds is 4. The summed E-state index contributed by atoms with van der Waals surface area (Å²) >= 11 is 0. The lowest BCUT2D eigenvalue weighted by Gasteiger charge is -2.51. The predicted molar refractivity (Wildman–Crippen MR) is 70.7 cm³/mol. The number of hydrogen-bond donors (Lipinski definition) is 1. The Labute approximate surface area is 107 Å². The van der Waals surface area contributed by atoms with E-state index in [1.54, 1.807) is 19.4 Å². The Balaban J connectivity index is 2.08. The van der Waals surface area contributed by atoms with Gasteiger partial charge in [0.2, 0.25) is 0 Å². The third-order valence-corrected chi connectivity index (χ3v) is 3.87. The first-order valence-electron chi connectivity index (χ1n) is 6.36. The second-order valence-corrected chi connectivity index (χ2v) is 5.39. The lowest BCUT2D eigenvalue weighted by atomic mass is 9.64. The van der Waals surface area contributed by atoms with Crippen LogP contribution in [0.2, 0.25) is 0 Å². The van der Waals surface area contributed by atoms with E-state index in [1.807, 2.05) is 6.92 Å². The highest BCUT2D eigenvalue weighted by atomic mass is 16.5. The monoisotopic (exact) mass is 251 g/mol. The zero-order valence-corrected chi connectivity index (χ0v) is 11.4. The fraction of sp³-hybridized carbons (Fsp3) is 0.692. The highest BCUT2D eigenvalue weighted by Gasteiger charge is 2.49. The van der Waals surface area contributed by atoms with Crippen molar-refractivity contribution in [3.63, 3.8) is 0 Å². The fourth-order valence-corrected chi connectivity index (χ4v) is 2.38. The predicted octanol–water partition coefficient (Wildman–Crippen LogP) is 1.40. The smallest absolute Gasteiger partial charge is 0.293 e. The molecule has 1 heterocycles. The third kappa shape index (κ3) is 2.14. The molecular weight excluding hydrogens is 230 g/mol. The minimum atomic E-state index is -0.0897. The van der Waals surface area contributed by atoms with Gasteiger partial charge in [-0.15, -0.1) is 0 Å². The van der Waals surface area contributed by atoms with Crippen molar-refractivity contribution in [2.75, 3.05) is 11.9 Å². The molecule has 18 heavy (non-hydrogen) atoms. The molecule has 1 saturated carbocycles. The van der Waals surface area contributed by atoms with E-state index in [0.29, 0.717) is 5.82 Å². The van der Waals surface area contributed by atoms with E-state index in [1.165, 1.54) is 4.57 Å². The summed E-state index contributed by atoms with van der Waals surface area (Å²) in [5.41, 5.74) is -0.0633. The third-order valence-electron chi connectivity index (χ3n) is 3.87. The van der Waals surface area contributed by atoms with E-state index in [9.17, 15) is 4.79 Å². The Morgan fingerprint density at radius 1 is 1.61 bits per heavy atom. The number of anilines is 1. The molecule has 1 aromatic rings. The van der Waals surface area contributed by atoms with Gasteiger partial charge in [-0.05, 0) is 13.3 Å². The lowest BCUT2D eigenvalue weighted by molar-refractivity contribution is -0.0977. The summed E-state index contributed by atoms with van der Waals surface area (Å²) in [6, 6.07) is 0.233. The number of aryl methyl sites for hydroxylation is 1. The highest BCUT2D eigenvalue weighted by molar-refractivity contribution is 5.35. The Kier molecular flexibility index (Phi) is 3.43. The molecule has 5 heteroatoms. The van der Waals surface area contributed by atoms with Gasteiger partial charge in [0, 0.05) is 37.5 Å². The van der Waals surface area contributed by atoms with Crippen LogP contribution in [0.15, 0.2) is 17.2 Å². The zero-order chi connectivity index (χ0) is 13.3. The number of hydrogen-bond acceptors (Lipinski definition) is 4. The highest BCUT2D eigenvalue weighted by Crippen LogP contribution is 2.43. The summed E-state index contributed by atoms with van der Waals surface area (Å²) in [6.45, 7) is 7.04. The summed E-state index contributed by atoms with van der Waals surface area (Å²) in [7, 11) is 1.73. The van der Waals surface area contributed by atoms with Crippen molar-refractivity contribution in [2.45, 2.75) is 39.3 Å². The van der Waals surface area contributed by atoms with Gasteiger partial charge >= 0.3 is 0 Å². The van der Waals surface area contributed by atoms with Crippen LogP contribution in [0.1, 0.15) is 27.2 Å². The van der Waals surface area contributed by atoms with E-state index < -0.39 is 0 Å². The van der Waals surface area contributed by atoms with Crippen LogP contribution in [0.5, 0.6) is 0 Å². The molecule has 1 aliphatic carbocycles. The lowest BCUT2D eigenvalue weighted by Crippen LogP contribution is -2.58. The number of nitrogens with one attached hydrogen (secondary N) is 1. The number of aromatic nitrogens is 2. The van der Waals surface area contributed by atoms with Crippen molar-refractivity contribution < 1.29 is 4.74 Å². The summed E-state index contributed by atoms with van der Waals surface area (Å²) in [5, 5.41) is 3.24. The molecule has 1 fully saturated rings. The molecule has 1 aliphatic rings. The average molecular weight is 251 g/mol. The molecule has 1 N–H and O–H groups in total. The van der Waals surface area contributed by atoms with Crippen LogP contribution in [0.25, 0.3) is 0 Å². The van der Waals surface area contributed by atoms with Crippen molar-refractivity contribution in [1.29, 1.82) is 0 Å². The van der Waals surface area contributed by atoms with Crippen LogP contribution in [-0.4, -0.2) is 28.3 Å². The minimum absolute atomic E-state index is 0.0263. The van der Waals surface area contributed by atoms with Gasteiger partial charge in [0.05, 0.1) is 6.10 Å². The quantitative estimate of drug-likeness (QED) is 0.878.